The second kappa shape index (κ2) is 5.83. The third-order valence-electron chi connectivity index (χ3n) is 2.77. The van der Waals surface area contributed by atoms with Gasteiger partial charge in [-0.2, -0.15) is 0 Å². The van der Waals surface area contributed by atoms with E-state index in [9.17, 15) is 4.39 Å². The highest BCUT2D eigenvalue weighted by molar-refractivity contribution is 6.17. The van der Waals surface area contributed by atoms with Crippen LogP contribution in [0.15, 0.2) is 42.7 Å². The fourth-order valence-electron chi connectivity index (χ4n) is 1.88. The summed E-state index contributed by atoms with van der Waals surface area (Å²) in [5, 5.41) is 0. The van der Waals surface area contributed by atoms with E-state index in [1.165, 1.54) is 12.1 Å². The average molecular weight is 265 g/mol. The fourth-order valence-corrected chi connectivity index (χ4v) is 2.09. The molecule has 0 bridgehead atoms. The topological polar surface area (TPSA) is 16.1 Å². The number of anilines is 1. The van der Waals surface area contributed by atoms with Crippen LogP contribution in [0.25, 0.3) is 0 Å². The first-order valence-electron chi connectivity index (χ1n) is 5.65. The molecule has 2 nitrogen and oxygen atoms in total. The van der Waals surface area contributed by atoms with Gasteiger partial charge in [-0.3, -0.25) is 4.98 Å². The molecule has 94 valence electrons. The van der Waals surface area contributed by atoms with Crippen LogP contribution in [0.1, 0.15) is 11.1 Å². The van der Waals surface area contributed by atoms with Crippen LogP contribution in [-0.4, -0.2) is 12.0 Å². The normalized spacial score (nSPS) is 10.4. The molecule has 0 saturated carbocycles. The van der Waals surface area contributed by atoms with E-state index in [-0.39, 0.29) is 5.82 Å². The fraction of sp³-hybridized carbons (Fsp3) is 0.214. The Morgan fingerprint density at radius 2 is 1.94 bits per heavy atom. The molecule has 1 heterocycles. The molecule has 0 N–H and O–H groups in total. The molecule has 4 heteroatoms. The van der Waals surface area contributed by atoms with Gasteiger partial charge in [-0.15, -0.1) is 11.6 Å². The van der Waals surface area contributed by atoms with Crippen molar-refractivity contribution in [3.63, 3.8) is 0 Å². The zero-order valence-corrected chi connectivity index (χ0v) is 10.9. The summed E-state index contributed by atoms with van der Waals surface area (Å²) >= 11 is 5.85. The number of nitrogens with zero attached hydrogens (tertiary/aromatic N) is 2. The molecule has 0 radical (unpaired) electrons. The number of pyridine rings is 1. The standard InChI is InChI=1S/C14H14ClFN2/c1-18(10-11-4-6-17-7-5-11)14-3-2-13(16)8-12(14)9-15/h2-8H,9-10H2,1H3. The quantitative estimate of drug-likeness (QED) is 0.785. The van der Waals surface area contributed by atoms with Crippen LogP contribution in [0.4, 0.5) is 10.1 Å². The Kier molecular flexibility index (Phi) is 4.15. The predicted molar refractivity (Wildman–Crippen MR) is 72.3 cm³/mol. The van der Waals surface area contributed by atoms with Crippen LogP contribution in [0.2, 0.25) is 0 Å². The van der Waals surface area contributed by atoms with E-state index in [4.69, 9.17) is 11.6 Å². The number of hydrogen-bond donors (Lipinski definition) is 0. The monoisotopic (exact) mass is 264 g/mol. The zero-order chi connectivity index (χ0) is 13.0. The molecule has 0 atom stereocenters. The van der Waals surface area contributed by atoms with E-state index < -0.39 is 0 Å². The van der Waals surface area contributed by atoms with Crippen LogP contribution < -0.4 is 4.90 Å². The van der Waals surface area contributed by atoms with Crippen molar-refractivity contribution in [1.29, 1.82) is 0 Å². The summed E-state index contributed by atoms with van der Waals surface area (Å²) in [4.78, 5) is 6.03. The van der Waals surface area contributed by atoms with Crippen LogP contribution in [-0.2, 0) is 12.4 Å². The third-order valence-corrected chi connectivity index (χ3v) is 3.05. The molecule has 1 aromatic carbocycles. The van der Waals surface area contributed by atoms with Crippen molar-refractivity contribution >= 4 is 17.3 Å². The predicted octanol–water partition coefficient (Wildman–Crippen LogP) is 3.60. The van der Waals surface area contributed by atoms with Crippen LogP contribution >= 0.6 is 11.6 Å². The van der Waals surface area contributed by atoms with Gasteiger partial charge in [-0.25, -0.2) is 4.39 Å². The van der Waals surface area contributed by atoms with Crippen molar-refractivity contribution in [2.24, 2.45) is 0 Å². The van der Waals surface area contributed by atoms with Gasteiger partial charge in [0.15, 0.2) is 0 Å². The summed E-state index contributed by atoms with van der Waals surface area (Å²) in [6, 6.07) is 8.61. The van der Waals surface area contributed by atoms with Crippen molar-refractivity contribution in [3.05, 3.63) is 59.7 Å². The molecule has 0 saturated heterocycles. The maximum Gasteiger partial charge on any atom is 0.123 e. The smallest absolute Gasteiger partial charge is 0.123 e. The Bertz CT molecular complexity index is 516. The number of hydrogen-bond acceptors (Lipinski definition) is 2. The maximum absolute atomic E-state index is 13.1. The SMILES string of the molecule is CN(Cc1ccncc1)c1ccc(F)cc1CCl. The molecular formula is C14H14ClFN2. The van der Waals surface area contributed by atoms with Gasteiger partial charge in [0, 0.05) is 37.6 Å². The second-order valence-electron chi connectivity index (χ2n) is 4.12. The lowest BCUT2D eigenvalue weighted by Gasteiger charge is -2.22. The molecule has 0 aliphatic carbocycles. The van der Waals surface area contributed by atoms with Crippen LogP contribution in [0.3, 0.4) is 0 Å². The number of alkyl halides is 1. The minimum atomic E-state index is -0.258. The Morgan fingerprint density at radius 1 is 1.22 bits per heavy atom. The number of benzene rings is 1. The molecule has 0 spiro atoms. The molecule has 2 rings (SSSR count). The first kappa shape index (κ1) is 12.8. The van der Waals surface area contributed by atoms with E-state index in [1.54, 1.807) is 18.5 Å². The molecule has 0 aliphatic rings. The van der Waals surface area contributed by atoms with Crippen molar-refractivity contribution in [1.82, 2.24) is 4.98 Å². The minimum absolute atomic E-state index is 0.258. The second-order valence-corrected chi connectivity index (χ2v) is 4.39. The average Bonchev–Trinajstić information content (AvgIpc) is 2.39. The molecule has 18 heavy (non-hydrogen) atoms. The Balaban J connectivity index is 2.21. The molecule has 0 aliphatic heterocycles. The lowest BCUT2D eigenvalue weighted by molar-refractivity contribution is 0.626. The van der Waals surface area contributed by atoms with Crippen molar-refractivity contribution in [2.45, 2.75) is 12.4 Å². The lowest BCUT2D eigenvalue weighted by atomic mass is 10.1. The molecule has 0 fully saturated rings. The van der Waals surface area contributed by atoms with Gasteiger partial charge in [0.05, 0.1) is 0 Å². The van der Waals surface area contributed by atoms with E-state index in [0.717, 1.165) is 23.4 Å². The Hall–Kier alpha value is -1.61. The van der Waals surface area contributed by atoms with Gasteiger partial charge in [-0.1, -0.05) is 0 Å². The summed E-state index contributed by atoms with van der Waals surface area (Å²) in [5.41, 5.74) is 2.90. The van der Waals surface area contributed by atoms with Crippen molar-refractivity contribution in [2.75, 3.05) is 11.9 Å². The van der Waals surface area contributed by atoms with Gasteiger partial charge in [-0.05, 0) is 41.5 Å². The number of aromatic nitrogens is 1. The summed E-state index contributed by atoms with van der Waals surface area (Å²) in [5.74, 6) is 0.0417. The maximum atomic E-state index is 13.1. The highest BCUT2D eigenvalue weighted by atomic mass is 35.5. The molecule has 0 unspecified atom stereocenters. The number of halogens is 2. The van der Waals surface area contributed by atoms with E-state index >= 15 is 0 Å². The van der Waals surface area contributed by atoms with Crippen molar-refractivity contribution < 1.29 is 4.39 Å². The summed E-state index contributed by atoms with van der Waals surface area (Å²) in [7, 11) is 1.96. The number of rotatable bonds is 4. The third kappa shape index (κ3) is 2.99. The molecule has 0 amide bonds. The summed E-state index contributed by atoms with van der Waals surface area (Å²) in [6.07, 6.45) is 3.52. The summed E-state index contributed by atoms with van der Waals surface area (Å²) in [6.45, 7) is 0.734. The molecular weight excluding hydrogens is 251 g/mol. The first-order chi connectivity index (χ1) is 8.70. The van der Waals surface area contributed by atoms with Gasteiger partial charge < -0.3 is 4.90 Å². The van der Waals surface area contributed by atoms with E-state index in [2.05, 4.69) is 4.98 Å². The van der Waals surface area contributed by atoms with E-state index in [1.807, 2.05) is 24.1 Å². The zero-order valence-electron chi connectivity index (χ0n) is 10.1. The van der Waals surface area contributed by atoms with Gasteiger partial charge in [0.1, 0.15) is 5.82 Å². The van der Waals surface area contributed by atoms with Crippen LogP contribution in [0, 0.1) is 5.82 Å². The Labute approximate surface area is 111 Å². The highest BCUT2D eigenvalue weighted by Crippen LogP contribution is 2.23. The molecule has 1 aromatic heterocycles. The highest BCUT2D eigenvalue weighted by Gasteiger charge is 2.08. The minimum Gasteiger partial charge on any atom is -0.370 e. The largest absolute Gasteiger partial charge is 0.370 e. The van der Waals surface area contributed by atoms with Gasteiger partial charge >= 0.3 is 0 Å². The first-order valence-corrected chi connectivity index (χ1v) is 6.18. The lowest BCUT2D eigenvalue weighted by Crippen LogP contribution is -2.17. The van der Waals surface area contributed by atoms with Crippen LogP contribution in [0.5, 0.6) is 0 Å². The van der Waals surface area contributed by atoms with Crippen molar-refractivity contribution in [3.8, 4) is 0 Å². The molecule has 2 aromatic rings. The van der Waals surface area contributed by atoms with E-state index in [0.29, 0.717) is 5.88 Å². The van der Waals surface area contributed by atoms with Gasteiger partial charge in [0.25, 0.3) is 0 Å². The summed E-state index contributed by atoms with van der Waals surface area (Å²) < 4.78 is 13.1. The van der Waals surface area contributed by atoms with Gasteiger partial charge in [0.2, 0.25) is 0 Å². The Morgan fingerprint density at radius 3 is 2.61 bits per heavy atom.